The fourth-order valence-corrected chi connectivity index (χ4v) is 2.23. The molecule has 0 aliphatic heterocycles. The Labute approximate surface area is 141 Å². The first-order valence-corrected chi connectivity index (χ1v) is 7.99. The van der Waals surface area contributed by atoms with Crippen molar-refractivity contribution in [2.24, 2.45) is 0 Å². The van der Waals surface area contributed by atoms with E-state index in [1.807, 2.05) is 53.7 Å². The molecule has 0 unspecified atom stereocenters. The molecule has 0 aliphatic carbocycles. The highest BCUT2D eigenvalue weighted by Gasteiger charge is 2.40. The minimum Gasteiger partial charge on any atom is -0.379 e. The minimum absolute atomic E-state index is 0.195. The van der Waals surface area contributed by atoms with Crippen LogP contribution in [-0.2, 0) is 10.8 Å². The fraction of sp³-hybridized carbons (Fsp3) is 0.444. The molecule has 2 aromatic rings. The summed E-state index contributed by atoms with van der Waals surface area (Å²) >= 11 is 0. The van der Waals surface area contributed by atoms with Crippen molar-refractivity contribution in [3.05, 3.63) is 48.2 Å². The standard InChI is InChI=1S/C18H24BF3NO/c1-17(2,3)15-11-14(12-16(24-15)18(4,5)6)13-7-9-23(10-8-13)19(20,21)22/h7-12H,1-6H3/q+1. The van der Waals surface area contributed by atoms with Gasteiger partial charge in [0.25, 0.3) is 0 Å². The fourth-order valence-electron chi connectivity index (χ4n) is 2.23. The van der Waals surface area contributed by atoms with Crippen LogP contribution in [-0.4, -0.2) is 7.11 Å². The Kier molecular flexibility index (Phi) is 4.55. The molecule has 24 heavy (non-hydrogen) atoms. The van der Waals surface area contributed by atoms with Gasteiger partial charge in [0.2, 0.25) is 0 Å². The summed E-state index contributed by atoms with van der Waals surface area (Å²) in [6, 6.07) is 6.80. The van der Waals surface area contributed by atoms with E-state index in [4.69, 9.17) is 4.42 Å². The van der Waals surface area contributed by atoms with Crippen LogP contribution >= 0.6 is 0 Å². The molecule has 0 saturated carbocycles. The second-order valence-corrected chi connectivity index (χ2v) is 8.15. The number of halogens is 3. The Balaban J connectivity index is 2.57. The summed E-state index contributed by atoms with van der Waals surface area (Å²) in [5, 5.41) is 0. The van der Waals surface area contributed by atoms with Crippen molar-refractivity contribution < 1.29 is 21.8 Å². The average molecular weight is 338 g/mol. The van der Waals surface area contributed by atoms with Gasteiger partial charge in [0.05, 0.1) is 10.8 Å². The van der Waals surface area contributed by atoms with Crippen LogP contribution in [0.2, 0.25) is 0 Å². The number of aromatic nitrogens is 1. The number of hydrogen-bond donors (Lipinski definition) is 0. The van der Waals surface area contributed by atoms with Crippen molar-refractivity contribution >= 4 is 7.11 Å². The Morgan fingerprint density at radius 1 is 0.792 bits per heavy atom. The van der Waals surface area contributed by atoms with Crippen molar-refractivity contribution in [2.75, 3.05) is 0 Å². The summed E-state index contributed by atoms with van der Waals surface area (Å²) in [6.45, 7) is 12.3. The lowest BCUT2D eigenvalue weighted by Gasteiger charge is -2.15. The molecule has 0 amide bonds. The molecule has 0 N–H and O–H groups in total. The first kappa shape index (κ1) is 18.5. The summed E-state index contributed by atoms with van der Waals surface area (Å²) in [5.41, 5.74) is 1.20. The summed E-state index contributed by atoms with van der Waals surface area (Å²) in [4.78, 5) is 0. The Hall–Kier alpha value is -1.85. The SMILES string of the molecule is CC(C)(C)c1cc(-c2cc[n+]([B-](F)(F)F)cc2)cc(C(C)(C)C)[o+]1. The third-order valence-electron chi connectivity index (χ3n) is 3.80. The minimum atomic E-state index is -5.05. The molecule has 130 valence electrons. The normalized spacial score (nSPS) is 13.2. The van der Waals surface area contributed by atoms with Gasteiger partial charge in [0.1, 0.15) is 12.4 Å². The van der Waals surface area contributed by atoms with E-state index in [0.29, 0.717) is 4.48 Å². The van der Waals surface area contributed by atoms with Gasteiger partial charge < -0.3 is 17.4 Å². The molecule has 0 atom stereocenters. The topological polar surface area (TPSA) is 15.2 Å². The molecular formula is C18H24BF3NO+. The van der Waals surface area contributed by atoms with Crippen molar-refractivity contribution in [3.63, 3.8) is 0 Å². The van der Waals surface area contributed by atoms with Gasteiger partial charge in [0.15, 0.2) is 0 Å². The Bertz CT molecular complexity index is 694. The lowest BCUT2D eigenvalue weighted by Crippen LogP contribution is -2.54. The predicted octanol–water partition coefficient (Wildman–Crippen LogP) is 5.30. The van der Waals surface area contributed by atoms with Crippen molar-refractivity contribution in [2.45, 2.75) is 52.4 Å². The quantitative estimate of drug-likeness (QED) is 0.536. The molecule has 0 radical (unpaired) electrons. The third-order valence-corrected chi connectivity index (χ3v) is 3.80. The van der Waals surface area contributed by atoms with E-state index in [-0.39, 0.29) is 10.8 Å². The van der Waals surface area contributed by atoms with Gasteiger partial charge in [-0.25, -0.2) is 4.42 Å². The predicted molar refractivity (Wildman–Crippen MR) is 90.6 cm³/mol. The zero-order valence-electron chi connectivity index (χ0n) is 15.0. The zero-order valence-corrected chi connectivity index (χ0v) is 15.0. The van der Waals surface area contributed by atoms with E-state index in [1.54, 1.807) is 0 Å². The molecule has 0 aromatic carbocycles. The first-order valence-electron chi connectivity index (χ1n) is 7.99. The maximum Gasteiger partial charge on any atom is 0.810 e. The summed E-state index contributed by atoms with van der Waals surface area (Å²) in [6.07, 6.45) is 2.12. The van der Waals surface area contributed by atoms with Gasteiger partial charge >= 0.3 is 18.6 Å². The number of hydrogen-bond acceptors (Lipinski definition) is 0. The van der Waals surface area contributed by atoms with Gasteiger partial charge in [-0.1, -0.05) is 0 Å². The van der Waals surface area contributed by atoms with Gasteiger partial charge in [-0.15, -0.1) is 0 Å². The van der Waals surface area contributed by atoms with E-state index >= 15 is 0 Å². The van der Waals surface area contributed by atoms with Crippen LogP contribution in [0, 0.1) is 0 Å². The van der Waals surface area contributed by atoms with E-state index in [9.17, 15) is 12.9 Å². The molecule has 2 heterocycles. The molecule has 0 fully saturated rings. The second kappa shape index (κ2) is 5.90. The van der Waals surface area contributed by atoms with E-state index < -0.39 is 7.11 Å². The zero-order chi connectivity index (χ0) is 18.3. The summed E-state index contributed by atoms with van der Waals surface area (Å²) < 4.78 is 44.7. The maximum absolute atomic E-state index is 12.8. The average Bonchev–Trinajstić information content (AvgIpc) is 2.44. The number of rotatable bonds is 2. The van der Waals surface area contributed by atoms with Gasteiger partial charge in [-0.3, -0.25) is 0 Å². The molecule has 0 aliphatic rings. The lowest BCUT2D eigenvalue weighted by molar-refractivity contribution is -0.575. The maximum atomic E-state index is 12.8. The molecular weight excluding hydrogens is 314 g/mol. The largest absolute Gasteiger partial charge is 0.810 e. The highest BCUT2D eigenvalue weighted by molar-refractivity contribution is 6.48. The van der Waals surface area contributed by atoms with Crippen molar-refractivity contribution in [3.8, 4) is 11.1 Å². The lowest BCUT2D eigenvalue weighted by atomic mass is 9.87. The Morgan fingerprint density at radius 3 is 1.54 bits per heavy atom. The molecule has 0 saturated heterocycles. The van der Waals surface area contributed by atoms with E-state index in [2.05, 4.69) is 0 Å². The van der Waals surface area contributed by atoms with Crippen molar-refractivity contribution in [1.29, 1.82) is 0 Å². The van der Waals surface area contributed by atoms with Gasteiger partial charge in [0, 0.05) is 29.8 Å². The molecule has 6 heteroatoms. The van der Waals surface area contributed by atoms with Gasteiger partial charge in [-0.2, -0.15) is 0 Å². The molecule has 2 nitrogen and oxygen atoms in total. The molecule has 2 aromatic heterocycles. The van der Waals surface area contributed by atoms with Crippen LogP contribution in [0.4, 0.5) is 12.9 Å². The molecule has 2 rings (SSSR count). The highest BCUT2D eigenvalue weighted by Crippen LogP contribution is 2.33. The first-order chi connectivity index (χ1) is 10.8. The smallest absolute Gasteiger partial charge is 0.379 e. The second-order valence-electron chi connectivity index (χ2n) is 8.15. The Morgan fingerprint density at radius 2 is 1.21 bits per heavy atom. The number of nitrogens with zero attached hydrogens (tertiary/aromatic N) is 1. The van der Waals surface area contributed by atoms with Gasteiger partial charge in [-0.05, 0) is 47.1 Å². The monoisotopic (exact) mass is 338 g/mol. The van der Waals surface area contributed by atoms with Crippen LogP contribution in [0.5, 0.6) is 0 Å². The van der Waals surface area contributed by atoms with Crippen LogP contribution in [0.25, 0.3) is 11.1 Å². The molecule has 0 bridgehead atoms. The van der Waals surface area contributed by atoms with Crippen LogP contribution in [0.15, 0.2) is 41.1 Å². The highest BCUT2D eigenvalue weighted by atomic mass is 19.4. The van der Waals surface area contributed by atoms with E-state index in [1.165, 1.54) is 12.1 Å². The van der Waals surface area contributed by atoms with Crippen LogP contribution < -0.4 is 4.48 Å². The van der Waals surface area contributed by atoms with Crippen LogP contribution in [0.1, 0.15) is 53.1 Å². The third kappa shape index (κ3) is 4.16. The van der Waals surface area contributed by atoms with Crippen molar-refractivity contribution in [1.82, 2.24) is 0 Å². The molecule has 0 spiro atoms. The summed E-state index contributed by atoms with van der Waals surface area (Å²) in [7, 11) is -5.05. The summed E-state index contributed by atoms with van der Waals surface area (Å²) in [5.74, 6) is 1.61. The van der Waals surface area contributed by atoms with Crippen LogP contribution in [0.3, 0.4) is 0 Å². The number of pyridine rings is 1. The van der Waals surface area contributed by atoms with E-state index in [0.717, 1.165) is 35.0 Å².